The maximum Gasteiger partial charge on any atom is 0.258 e. The maximum atomic E-state index is 12.2. The average Bonchev–Trinajstić information content (AvgIpc) is 3.02. The largest absolute Gasteiger partial charge is 0.431 e. The number of carbonyl (C=O) groups excluding carboxylic acids is 1. The Morgan fingerprint density at radius 2 is 1.81 bits per heavy atom. The number of amides is 1. The highest BCUT2D eigenvalue weighted by molar-refractivity contribution is 8.00. The molecule has 8 heteroatoms. The van der Waals surface area contributed by atoms with Crippen LogP contribution in [0.25, 0.3) is 17.2 Å². The van der Waals surface area contributed by atoms with E-state index in [1.54, 1.807) is 12.1 Å². The second-order valence-corrected chi connectivity index (χ2v) is 8.66. The van der Waals surface area contributed by atoms with Crippen molar-refractivity contribution in [1.29, 1.82) is 0 Å². The van der Waals surface area contributed by atoms with Gasteiger partial charge in [0.05, 0.1) is 0 Å². The van der Waals surface area contributed by atoms with E-state index < -0.39 is 15.1 Å². The smallest absolute Gasteiger partial charge is 0.258 e. The molecule has 0 saturated heterocycles. The zero-order valence-electron chi connectivity index (χ0n) is 13.2. The lowest BCUT2D eigenvalue weighted by Gasteiger charge is -2.22. The van der Waals surface area contributed by atoms with Gasteiger partial charge < -0.3 is 9.73 Å². The SMILES string of the molecule is O=C(C=Cc1ccccc1)NC(Sc1nc2ccccc2o1)C(Cl)(Cl)Cl. The van der Waals surface area contributed by atoms with Crippen molar-refractivity contribution in [2.45, 2.75) is 14.4 Å². The topological polar surface area (TPSA) is 55.1 Å². The predicted molar refractivity (Wildman–Crippen MR) is 108 cm³/mol. The number of halogens is 3. The molecule has 0 aliphatic carbocycles. The van der Waals surface area contributed by atoms with Crippen LogP contribution in [0.2, 0.25) is 0 Å². The van der Waals surface area contributed by atoms with E-state index in [2.05, 4.69) is 10.3 Å². The van der Waals surface area contributed by atoms with Crippen molar-refractivity contribution in [3.8, 4) is 0 Å². The molecule has 0 aliphatic heterocycles. The summed E-state index contributed by atoms with van der Waals surface area (Å²) in [6.07, 6.45) is 3.06. The maximum absolute atomic E-state index is 12.2. The van der Waals surface area contributed by atoms with Crippen LogP contribution in [-0.4, -0.2) is 20.1 Å². The van der Waals surface area contributed by atoms with Gasteiger partial charge in [-0.25, -0.2) is 4.98 Å². The van der Waals surface area contributed by atoms with Crippen molar-refractivity contribution in [3.05, 3.63) is 66.2 Å². The monoisotopic (exact) mass is 426 g/mol. The number of oxazole rings is 1. The zero-order valence-corrected chi connectivity index (χ0v) is 16.3. The van der Waals surface area contributed by atoms with E-state index in [4.69, 9.17) is 39.2 Å². The highest BCUT2D eigenvalue weighted by Gasteiger charge is 2.36. The molecular formula is C18H13Cl3N2O2S. The number of para-hydroxylation sites is 2. The number of aromatic nitrogens is 1. The van der Waals surface area contributed by atoms with Crippen molar-refractivity contribution in [2.24, 2.45) is 0 Å². The van der Waals surface area contributed by atoms with E-state index in [1.807, 2.05) is 48.5 Å². The Balaban J connectivity index is 1.71. The van der Waals surface area contributed by atoms with Gasteiger partial charge in [0.2, 0.25) is 9.70 Å². The van der Waals surface area contributed by atoms with Crippen LogP contribution in [0.15, 0.2) is 70.3 Å². The number of benzene rings is 2. The third-order valence-corrected chi connectivity index (χ3v) is 5.42. The lowest BCUT2D eigenvalue weighted by Crippen LogP contribution is -2.40. The minimum atomic E-state index is -1.75. The van der Waals surface area contributed by atoms with Gasteiger partial charge in [-0.15, -0.1) is 0 Å². The van der Waals surface area contributed by atoms with Crippen LogP contribution < -0.4 is 5.32 Å². The Labute approximate surface area is 169 Å². The number of fused-ring (bicyclic) bond motifs is 1. The summed E-state index contributed by atoms with van der Waals surface area (Å²) < 4.78 is 3.86. The highest BCUT2D eigenvalue weighted by atomic mass is 35.6. The summed E-state index contributed by atoms with van der Waals surface area (Å²) in [7, 11) is 0. The first-order valence-corrected chi connectivity index (χ1v) is 9.56. The number of hydrogen-bond donors (Lipinski definition) is 1. The van der Waals surface area contributed by atoms with Gasteiger partial charge in [0, 0.05) is 6.08 Å². The zero-order chi connectivity index (χ0) is 18.6. The number of thioether (sulfide) groups is 1. The van der Waals surface area contributed by atoms with Gasteiger partial charge in [0.1, 0.15) is 10.9 Å². The van der Waals surface area contributed by atoms with Crippen molar-refractivity contribution < 1.29 is 9.21 Å². The molecule has 26 heavy (non-hydrogen) atoms. The van der Waals surface area contributed by atoms with Crippen molar-refractivity contribution in [2.75, 3.05) is 0 Å². The van der Waals surface area contributed by atoms with Crippen molar-refractivity contribution in [1.82, 2.24) is 10.3 Å². The molecule has 0 saturated carbocycles. The van der Waals surface area contributed by atoms with Crippen LogP contribution in [-0.2, 0) is 4.79 Å². The molecule has 1 heterocycles. The summed E-state index contributed by atoms with van der Waals surface area (Å²) in [5.41, 5.74) is 2.20. The van der Waals surface area contributed by atoms with Crippen LogP contribution in [0.3, 0.4) is 0 Å². The van der Waals surface area contributed by atoms with E-state index in [1.165, 1.54) is 6.08 Å². The van der Waals surface area contributed by atoms with E-state index in [0.29, 0.717) is 16.3 Å². The summed E-state index contributed by atoms with van der Waals surface area (Å²) in [4.78, 5) is 16.5. The van der Waals surface area contributed by atoms with Gasteiger partial charge in [-0.3, -0.25) is 4.79 Å². The van der Waals surface area contributed by atoms with Gasteiger partial charge in [-0.1, -0.05) is 77.3 Å². The highest BCUT2D eigenvalue weighted by Crippen LogP contribution is 2.39. The summed E-state index contributed by atoms with van der Waals surface area (Å²) >= 11 is 19.1. The van der Waals surface area contributed by atoms with Crippen molar-refractivity contribution >= 4 is 69.6 Å². The normalized spacial score (nSPS) is 13.2. The first-order chi connectivity index (χ1) is 12.4. The molecule has 0 radical (unpaired) electrons. The molecule has 0 fully saturated rings. The van der Waals surface area contributed by atoms with Crippen LogP contribution >= 0.6 is 46.6 Å². The predicted octanol–water partition coefficient (Wildman–Crippen LogP) is 5.45. The summed E-state index contributed by atoms with van der Waals surface area (Å²) in [5.74, 6) is -0.395. The molecule has 1 aromatic heterocycles. The number of carbonyl (C=O) groups is 1. The van der Waals surface area contributed by atoms with E-state index in [0.717, 1.165) is 17.3 Å². The van der Waals surface area contributed by atoms with Gasteiger partial charge in [0.15, 0.2) is 5.58 Å². The average molecular weight is 428 g/mol. The van der Waals surface area contributed by atoms with Gasteiger partial charge in [0.25, 0.3) is 5.22 Å². The van der Waals surface area contributed by atoms with E-state index in [9.17, 15) is 4.79 Å². The summed E-state index contributed by atoms with van der Waals surface area (Å²) in [6, 6.07) is 16.7. The fraction of sp³-hybridized carbons (Fsp3) is 0.111. The number of hydrogen-bond acceptors (Lipinski definition) is 4. The Morgan fingerprint density at radius 3 is 2.50 bits per heavy atom. The summed E-state index contributed by atoms with van der Waals surface area (Å²) in [5, 5.41) is 2.08. The van der Waals surface area contributed by atoms with Gasteiger partial charge >= 0.3 is 0 Å². The molecule has 134 valence electrons. The lowest BCUT2D eigenvalue weighted by molar-refractivity contribution is -0.116. The molecule has 1 N–H and O–H groups in total. The minimum absolute atomic E-state index is 0.301. The number of nitrogens with zero attached hydrogens (tertiary/aromatic N) is 1. The molecule has 0 spiro atoms. The standard InChI is InChI=1S/C18H13Cl3N2O2S/c19-18(20,21)16(23-15(24)11-10-12-6-2-1-3-7-12)26-17-22-13-8-4-5-9-14(13)25-17/h1-11,16H,(H,23,24). The minimum Gasteiger partial charge on any atom is -0.431 e. The second kappa shape index (κ2) is 8.35. The fourth-order valence-electron chi connectivity index (χ4n) is 2.09. The van der Waals surface area contributed by atoms with E-state index >= 15 is 0 Å². The van der Waals surface area contributed by atoms with Crippen LogP contribution in [0.4, 0.5) is 0 Å². The number of rotatable bonds is 5. The fourth-order valence-corrected chi connectivity index (χ4v) is 3.46. The van der Waals surface area contributed by atoms with Crippen molar-refractivity contribution in [3.63, 3.8) is 0 Å². The quantitative estimate of drug-likeness (QED) is 0.255. The van der Waals surface area contributed by atoms with Crippen LogP contribution in [0.5, 0.6) is 0 Å². The van der Waals surface area contributed by atoms with Gasteiger partial charge in [-0.05, 0) is 35.5 Å². The Bertz CT molecular complexity index is 890. The van der Waals surface area contributed by atoms with Gasteiger partial charge in [-0.2, -0.15) is 0 Å². The Kier molecular flexibility index (Phi) is 6.14. The Morgan fingerprint density at radius 1 is 1.12 bits per heavy atom. The molecule has 3 rings (SSSR count). The third-order valence-electron chi connectivity index (χ3n) is 3.29. The first kappa shape index (κ1) is 19.1. The lowest BCUT2D eigenvalue weighted by atomic mass is 10.2. The third kappa shape index (κ3) is 5.17. The number of alkyl halides is 3. The second-order valence-electron chi connectivity index (χ2n) is 5.24. The first-order valence-electron chi connectivity index (χ1n) is 7.54. The molecule has 2 aromatic carbocycles. The van der Waals surface area contributed by atoms with Crippen LogP contribution in [0.1, 0.15) is 5.56 Å². The van der Waals surface area contributed by atoms with E-state index in [-0.39, 0.29) is 0 Å². The Hall–Kier alpha value is -1.66. The molecule has 3 aromatic rings. The molecule has 1 atom stereocenters. The van der Waals surface area contributed by atoms with Crippen LogP contribution in [0, 0.1) is 0 Å². The molecule has 0 aliphatic rings. The number of nitrogens with one attached hydrogen (secondary N) is 1. The molecular weight excluding hydrogens is 415 g/mol. The molecule has 0 bridgehead atoms. The molecule has 1 amide bonds. The molecule has 4 nitrogen and oxygen atoms in total. The summed E-state index contributed by atoms with van der Waals surface area (Å²) in [6.45, 7) is 0. The molecule has 1 unspecified atom stereocenters.